The van der Waals surface area contributed by atoms with Gasteiger partial charge in [-0.15, -0.1) is 0 Å². The van der Waals surface area contributed by atoms with Gasteiger partial charge in [0.25, 0.3) is 0 Å². The fourth-order valence-electron chi connectivity index (χ4n) is 6.49. The summed E-state index contributed by atoms with van der Waals surface area (Å²) in [5.74, 6) is 0. The summed E-state index contributed by atoms with van der Waals surface area (Å²) < 4.78 is 2.32. The molecule has 2 heterocycles. The normalized spacial score (nSPS) is 25.5. The van der Waals surface area contributed by atoms with Crippen LogP contribution in [0.5, 0.6) is 0 Å². The van der Waals surface area contributed by atoms with E-state index in [1.807, 2.05) is 0 Å². The van der Waals surface area contributed by atoms with Gasteiger partial charge in [-0.25, -0.2) is 0 Å². The molecule has 2 aliphatic carbocycles. The van der Waals surface area contributed by atoms with E-state index in [0.29, 0.717) is 0 Å². The minimum absolute atomic E-state index is 0.0220. The van der Waals surface area contributed by atoms with Crippen LogP contribution >= 0.6 is 11.6 Å². The van der Waals surface area contributed by atoms with Crippen LogP contribution in [0.1, 0.15) is 65.4 Å². The van der Waals surface area contributed by atoms with E-state index < -0.39 is 0 Å². The molecule has 1 aromatic carbocycles. The molecule has 2 nitrogen and oxygen atoms in total. The van der Waals surface area contributed by atoms with E-state index in [9.17, 15) is 0 Å². The summed E-state index contributed by atoms with van der Waals surface area (Å²) in [4.78, 5) is 2.37. The van der Waals surface area contributed by atoms with E-state index in [1.165, 1.54) is 39.5 Å². The van der Waals surface area contributed by atoms with Gasteiger partial charge < -0.3 is 4.90 Å². The summed E-state index contributed by atoms with van der Waals surface area (Å²) in [6.07, 6.45) is 19.2. The van der Waals surface area contributed by atoms with Crippen LogP contribution in [0.3, 0.4) is 0 Å². The molecule has 0 atom stereocenters. The molecule has 0 saturated carbocycles. The van der Waals surface area contributed by atoms with Crippen LogP contribution in [0.4, 0.5) is 5.69 Å². The molecule has 0 fully saturated rings. The zero-order valence-corrected chi connectivity index (χ0v) is 22.8. The highest BCUT2D eigenvalue weighted by molar-refractivity contribution is 6.32. The Morgan fingerprint density at radius 3 is 2.49 bits per heavy atom. The summed E-state index contributed by atoms with van der Waals surface area (Å²) >= 11 is 7.02. The summed E-state index contributed by atoms with van der Waals surface area (Å²) in [5.41, 5.74) is 10.8. The van der Waals surface area contributed by atoms with Crippen molar-refractivity contribution >= 4 is 23.0 Å². The minimum Gasteiger partial charge on any atom is -0.347 e. The van der Waals surface area contributed by atoms with Crippen LogP contribution in [-0.4, -0.2) is 29.3 Å². The second-order valence-electron chi connectivity index (χ2n) is 11.3. The highest BCUT2D eigenvalue weighted by atomic mass is 35.5. The Morgan fingerprint density at radius 2 is 1.74 bits per heavy atom. The number of nitrogens with zero attached hydrogens (tertiary/aromatic N) is 2. The second kappa shape index (κ2) is 8.82. The zero-order chi connectivity index (χ0) is 25.0. The van der Waals surface area contributed by atoms with Crippen molar-refractivity contribution < 1.29 is 4.58 Å². The maximum atomic E-state index is 7.02. The Balaban J connectivity index is 1.44. The summed E-state index contributed by atoms with van der Waals surface area (Å²) in [5, 5.41) is 0.928. The lowest BCUT2D eigenvalue weighted by molar-refractivity contribution is -0.401. The molecule has 0 amide bonds. The first-order chi connectivity index (χ1) is 16.6. The third kappa shape index (κ3) is 3.91. The van der Waals surface area contributed by atoms with Gasteiger partial charge in [0.2, 0.25) is 5.69 Å². The molecule has 0 bridgehead atoms. The summed E-state index contributed by atoms with van der Waals surface area (Å²) in [7, 11) is 4.37. The van der Waals surface area contributed by atoms with Gasteiger partial charge >= 0.3 is 0 Å². The largest absolute Gasteiger partial charge is 0.347 e. The fraction of sp³-hybridized carbons (Fsp3) is 0.406. The van der Waals surface area contributed by atoms with Crippen LogP contribution in [0.25, 0.3) is 0 Å². The lowest BCUT2D eigenvalue weighted by Gasteiger charge is -2.26. The predicted molar refractivity (Wildman–Crippen MR) is 149 cm³/mol. The molecule has 1 aromatic rings. The number of hydrogen-bond acceptors (Lipinski definition) is 1. The van der Waals surface area contributed by atoms with Crippen LogP contribution in [0, 0.1) is 5.41 Å². The fourth-order valence-corrected chi connectivity index (χ4v) is 6.81. The van der Waals surface area contributed by atoms with Gasteiger partial charge in [0.1, 0.15) is 7.05 Å². The average molecular weight is 486 g/mol. The quantitative estimate of drug-likeness (QED) is 0.390. The van der Waals surface area contributed by atoms with Gasteiger partial charge in [-0.1, -0.05) is 61.9 Å². The average Bonchev–Trinajstić information content (AvgIpc) is 3.16. The molecule has 0 radical (unpaired) electrons. The van der Waals surface area contributed by atoms with Gasteiger partial charge in [0.05, 0.1) is 5.41 Å². The van der Waals surface area contributed by atoms with Crippen molar-refractivity contribution in [1.29, 1.82) is 0 Å². The smallest absolute Gasteiger partial charge is 0.209 e. The topological polar surface area (TPSA) is 6.25 Å². The third-order valence-electron chi connectivity index (χ3n) is 8.54. The lowest BCUT2D eigenvalue weighted by atomic mass is 9.79. The number of hydrogen-bond donors (Lipinski definition) is 0. The number of para-hydroxylation sites is 1. The van der Waals surface area contributed by atoms with E-state index >= 15 is 0 Å². The van der Waals surface area contributed by atoms with E-state index in [2.05, 4.69) is 112 Å². The van der Waals surface area contributed by atoms with Gasteiger partial charge in [-0.3, -0.25) is 0 Å². The third-order valence-corrected chi connectivity index (χ3v) is 9.03. The maximum absolute atomic E-state index is 7.02. The number of halogens is 1. The molecule has 0 unspecified atom stereocenters. The number of likely N-dealkylation sites (N-methyl/N-ethyl adjacent to an activating group) is 1. The molecular weight excluding hydrogens is 448 g/mol. The van der Waals surface area contributed by atoms with E-state index in [4.69, 9.17) is 11.6 Å². The van der Waals surface area contributed by atoms with E-state index in [1.54, 1.807) is 5.57 Å². The molecule has 5 rings (SSSR count). The monoisotopic (exact) mass is 485 g/mol. The molecule has 3 heteroatoms. The Hall–Kier alpha value is -2.58. The highest BCUT2D eigenvalue weighted by Crippen LogP contribution is 2.49. The van der Waals surface area contributed by atoms with Crippen LogP contribution in [-0.2, 0) is 5.41 Å². The highest BCUT2D eigenvalue weighted by Gasteiger charge is 2.42. The van der Waals surface area contributed by atoms with Gasteiger partial charge in [-0.05, 0) is 74.8 Å². The molecule has 0 saturated heterocycles. The van der Waals surface area contributed by atoms with Crippen molar-refractivity contribution in [2.75, 3.05) is 14.1 Å². The van der Waals surface area contributed by atoms with Crippen molar-refractivity contribution in [2.45, 2.75) is 65.2 Å². The Bertz CT molecular complexity index is 1290. The second-order valence-corrected chi connectivity index (χ2v) is 11.7. The SMILES string of the molecule is CN1C2=C(CCC=C2)C(C)(C)/C1=C\C=C1/CCCC(/C=C/C2=[N+](C)c3ccccc3C2(C)C)=C1Cl. The van der Waals surface area contributed by atoms with Gasteiger partial charge in [-0.2, -0.15) is 4.58 Å². The first kappa shape index (κ1) is 24.1. The van der Waals surface area contributed by atoms with Gasteiger partial charge in [0.15, 0.2) is 5.71 Å². The molecule has 35 heavy (non-hydrogen) atoms. The zero-order valence-electron chi connectivity index (χ0n) is 22.1. The number of fused-ring (bicyclic) bond motifs is 1. The van der Waals surface area contributed by atoms with Crippen LogP contribution in [0.2, 0.25) is 0 Å². The number of allylic oxidation sites excluding steroid dienone is 10. The molecule has 0 aromatic heterocycles. The molecule has 0 N–H and O–H groups in total. The van der Waals surface area contributed by atoms with Crippen LogP contribution in [0.15, 0.2) is 93.9 Å². The first-order valence-electron chi connectivity index (χ1n) is 13.0. The number of rotatable bonds is 3. The molecule has 4 aliphatic rings. The van der Waals surface area contributed by atoms with Gasteiger partial charge in [0, 0.05) is 46.6 Å². The summed E-state index contributed by atoms with van der Waals surface area (Å²) in [6.45, 7) is 9.34. The van der Waals surface area contributed by atoms with Crippen molar-refractivity contribution in [2.24, 2.45) is 5.41 Å². The van der Waals surface area contributed by atoms with Crippen molar-refractivity contribution in [1.82, 2.24) is 4.90 Å². The van der Waals surface area contributed by atoms with E-state index in [0.717, 1.165) is 37.1 Å². The molecule has 0 spiro atoms. The van der Waals surface area contributed by atoms with E-state index in [-0.39, 0.29) is 10.8 Å². The first-order valence-corrected chi connectivity index (χ1v) is 13.3. The maximum Gasteiger partial charge on any atom is 0.209 e. The Labute approximate surface area is 216 Å². The minimum atomic E-state index is -0.0220. The Kier molecular flexibility index (Phi) is 6.08. The summed E-state index contributed by atoms with van der Waals surface area (Å²) in [6, 6.07) is 8.72. The molecule has 2 aliphatic heterocycles. The lowest BCUT2D eigenvalue weighted by Crippen LogP contribution is -2.26. The molecule has 182 valence electrons. The van der Waals surface area contributed by atoms with Crippen molar-refractivity contribution in [3.8, 4) is 0 Å². The predicted octanol–water partition coefficient (Wildman–Crippen LogP) is 8.31. The van der Waals surface area contributed by atoms with Crippen LogP contribution < -0.4 is 0 Å². The van der Waals surface area contributed by atoms with Crippen molar-refractivity contribution in [3.63, 3.8) is 0 Å². The van der Waals surface area contributed by atoms with Crippen molar-refractivity contribution in [3.05, 3.63) is 99.4 Å². The standard InChI is InChI=1S/C32H38ClN2/c1-31(2)24-14-7-9-16-26(24)34(5)28(31)20-18-22-12-11-13-23(30(22)33)19-21-29-32(3,4)25-15-8-10-17-27(25)35(29)6/h7,9-10,14,16-21H,8,11-13,15H2,1-6H3/q+1. The Morgan fingerprint density at radius 1 is 0.971 bits per heavy atom. The number of benzene rings is 1. The molecular formula is C32H38ClN2+.